The molecule has 116 valence electrons. The molecule has 3 nitrogen and oxygen atoms in total. The number of fused-ring (bicyclic) bond motifs is 1. The zero-order chi connectivity index (χ0) is 15.2. The summed E-state index contributed by atoms with van der Waals surface area (Å²) in [4.78, 5) is 2.43. The van der Waals surface area contributed by atoms with Crippen molar-refractivity contribution in [1.29, 1.82) is 0 Å². The molecular weight excluding hydrogens is 272 g/mol. The molecule has 2 aromatic rings. The summed E-state index contributed by atoms with van der Waals surface area (Å²) < 4.78 is 5.57. The number of nitrogens with zero attached hydrogens (tertiary/aromatic N) is 1. The summed E-state index contributed by atoms with van der Waals surface area (Å²) in [6, 6.07) is 17.2. The van der Waals surface area contributed by atoms with Gasteiger partial charge in [-0.05, 0) is 29.2 Å². The van der Waals surface area contributed by atoms with Crippen LogP contribution in [0.4, 0.5) is 0 Å². The molecule has 2 aromatic carbocycles. The lowest BCUT2D eigenvalue weighted by molar-refractivity contribution is 0.276. The Bertz CT molecular complexity index is 598. The van der Waals surface area contributed by atoms with Gasteiger partial charge in [-0.1, -0.05) is 42.5 Å². The second-order valence-electron chi connectivity index (χ2n) is 5.84. The quantitative estimate of drug-likeness (QED) is 0.853. The molecule has 0 aromatic heterocycles. The van der Waals surface area contributed by atoms with Crippen LogP contribution in [0, 0.1) is 0 Å². The van der Waals surface area contributed by atoms with Crippen LogP contribution in [0.3, 0.4) is 0 Å². The summed E-state index contributed by atoms with van der Waals surface area (Å²) >= 11 is 0. The Morgan fingerprint density at radius 1 is 1.00 bits per heavy atom. The summed E-state index contributed by atoms with van der Waals surface area (Å²) in [6.45, 7) is 4.46. The molecule has 3 rings (SSSR count). The summed E-state index contributed by atoms with van der Waals surface area (Å²) in [5.41, 5.74) is 9.85. The van der Waals surface area contributed by atoms with Gasteiger partial charge in [0, 0.05) is 32.6 Å². The Morgan fingerprint density at radius 2 is 1.86 bits per heavy atom. The lowest BCUT2D eigenvalue weighted by Crippen LogP contribution is -2.31. The standard InChI is InChI=1S/C19H24N2O/c20-10-12-21(15-17-4-2-1-3-5-17)11-8-16-6-7-19-18(14-16)9-13-22-19/h1-7,14H,8-13,15,20H2. The molecule has 0 saturated heterocycles. The van der Waals surface area contributed by atoms with E-state index in [0.29, 0.717) is 6.54 Å². The third-order valence-electron chi connectivity index (χ3n) is 4.16. The molecule has 0 spiro atoms. The molecule has 1 aliphatic rings. The van der Waals surface area contributed by atoms with Crippen LogP contribution >= 0.6 is 0 Å². The molecule has 0 fully saturated rings. The van der Waals surface area contributed by atoms with Crippen LogP contribution in [-0.4, -0.2) is 31.1 Å². The van der Waals surface area contributed by atoms with Crippen LogP contribution < -0.4 is 10.5 Å². The second-order valence-corrected chi connectivity index (χ2v) is 5.84. The summed E-state index contributed by atoms with van der Waals surface area (Å²) in [7, 11) is 0. The van der Waals surface area contributed by atoms with E-state index in [-0.39, 0.29) is 0 Å². The minimum absolute atomic E-state index is 0.699. The summed E-state index contributed by atoms with van der Waals surface area (Å²) in [6.07, 6.45) is 2.10. The smallest absolute Gasteiger partial charge is 0.122 e. The van der Waals surface area contributed by atoms with Crippen molar-refractivity contribution < 1.29 is 4.74 Å². The first-order chi connectivity index (χ1) is 10.8. The van der Waals surface area contributed by atoms with Crippen LogP contribution in [0.15, 0.2) is 48.5 Å². The zero-order valence-electron chi connectivity index (χ0n) is 13.0. The Morgan fingerprint density at radius 3 is 2.68 bits per heavy atom. The van der Waals surface area contributed by atoms with E-state index < -0.39 is 0 Å². The highest BCUT2D eigenvalue weighted by Crippen LogP contribution is 2.26. The largest absolute Gasteiger partial charge is 0.493 e. The Hall–Kier alpha value is -1.84. The summed E-state index contributed by atoms with van der Waals surface area (Å²) in [5.74, 6) is 1.06. The average molecular weight is 296 g/mol. The molecular formula is C19H24N2O. The van der Waals surface area contributed by atoms with Crippen molar-refractivity contribution in [3.63, 3.8) is 0 Å². The first-order valence-corrected chi connectivity index (χ1v) is 8.06. The van der Waals surface area contributed by atoms with Gasteiger partial charge in [0.05, 0.1) is 6.61 Å². The predicted octanol–water partition coefficient (Wildman–Crippen LogP) is 2.62. The van der Waals surface area contributed by atoms with Crippen molar-refractivity contribution in [2.24, 2.45) is 5.73 Å². The number of hydrogen-bond acceptors (Lipinski definition) is 3. The van der Waals surface area contributed by atoms with Crippen molar-refractivity contribution in [2.75, 3.05) is 26.2 Å². The molecule has 0 unspecified atom stereocenters. The molecule has 0 atom stereocenters. The Kier molecular flexibility index (Phi) is 5.09. The predicted molar refractivity (Wildman–Crippen MR) is 90.1 cm³/mol. The van der Waals surface area contributed by atoms with Gasteiger partial charge in [-0.15, -0.1) is 0 Å². The van der Waals surface area contributed by atoms with Crippen LogP contribution in [0.2, 0.25) is 0 Å². The fourth-order valence-electron chi connectivity index (χ4n) is 2.98. The van der Waals surface area contributed by atoms with Gasteiger partial charge in [0.15, 0.2) is 0 Å². The molecule has 1 aliphatic heterocycles. The van der Waals surface area contributed by atoms with Gasteiger partial charge in [0.1, 0.15) is 5.75 Å². The van der Waals surface area contributed by atoms with Gasteiger partial charge < -0.3 is 10.5 Å². The van der Waals surface area contributed by atoms with Crippen molar-refractivity contribution in [3.05, 3.63) is 65.2 Å². The minimum Gasteiger partial charge on any atom is -0.493 e. The van der Waals surface area contributed by atoms with E-state index >= 15 is 0 Å². The molecule has 0 aliphatic carbocycles. The number of nitrogens with two attached hydrogens (primary N) is 1. The van der Waals surface area contributed by atoms with Gasteiger partial charge in [-0.2, -0.15) is 0 Å². The normalized spacial score (nSPS) is 13.2. The average Bonchev–Trinajstić information content (AvgIpc) is 3.01. The molecule has 1 heterocycles. The van der Waals surface area contributed by atoms with E-state index in [2.05, 4.69) is 53.4 Å². The van der Waals surface area contributed by atoms with Gasteiger partial charge in [0.25, 0.3) is 0 Å². The number of benzene rings is 2. The highest BCUT2D eigenvalue weighted by Gasteiger charge is 2.12. The molecule has 22 heavy (non-hydrogen) atoms. The molecule has 0 radical (unpaired) electrons. The monoisotopic (exact) mass is 296 g/mol. The zero-order valence-corrected chi connectivity index (χ0v) is 13.0. The highest BCUT2D eigenvalue weighted by atomic mass is 16.5. The third-order valence-corrected chi connectivity index (χ3v) is 4.16. The number of rotatable bonds is 7. The van der Waals surface area contributed by atoms with E-state index in [1.165, 1.54) is 16.7 Å². The van der Waals surface area contributed by atoms with Crippen molar-refractivity contribution in [2.45, 2.75) is 19.4 Å². The first-order valence-electron chi connectivity index (χ1n) is 8.06. The minimum atomic E-state index is 0.699. The third kappa shape index (κ3) is 3.87. The van der Waals surface area contributed by atoms with E-state index in [9.17, 15) is 0 Å². The van der Waals surface area contributed by atoms with E-state index in [1.54, 1.807) is 0 Å². The van der Waals surface area contributed by atoms with Crippen LogP contribution in [0.5, 0.6) is 5.75 Å². The van der Waals surface area contributed by atoms with Gasteiger partial charge in [0.2, 0.25) is 0 Å². The first kappa shape index (κ1) is 15.1. The van der Waals surface area contributed by atoms with E-state index in [4.69, 9.17) is 10.5 Å². The number of ether oxygens (including phenoxy) is 1. The summed E-state index contributed by atoms with van der Waals surface area (Å²) in [5, 5.41) is 0. The fraction of sp³-hybridized carbons (Fsp3) is 0.368. The van der Waals surface area contributed by atoms with Crippen LogP contribution in [0.1, 0.15) is 16.7 Å². The fourth-order valence-corrected chi connectivity index (χ4v) is 2.98. The van der Waals surface area contributed by atoms with E-state index in [0.717, 1.165) is 44.8 Å². The van der Waals surface area contributed by atoms with Gasteiger partial charge in [-0.3, -0.25) is 4.90 Å². The molecule has 0 bridgehead atoms. The van der Waals surface area contributed by atoms with Crippen molar-refractivity contribution in [1.82, 2.24) is 4.90 Å². The maximum atomic E-state index is 5.77. The molecule has 2 N–H and O–H groups in total. The topological polar surface area (TPSA) is 38.5 Å². The Balaban J connectivity index is 1.59. The maximum absolute atomic E-state index is 5.77. The maximum Gasteiger partial charge on any atom is 0.122 e. The lowest BCUT2D eigenvalue weighted by Gasteiger charge is -2.21. The second kappa shape index (κ2) is 7.43. The van der Waals surface area contributed by atoms with Crippen LogP contribution in [-0.2, 0) is 19.4 Å². The molecule has 0 saturated carbocycles. The molecule has 0 amide bonds. The lowest BCUT2D eigenvalue weighted by atomic mass is 10.1. The van der Waals surface area contributed by atoms with Gasteiger partial charge >= 0.3 is 0 Å². The Labute approximate surface area is 132 Å². The van der Waals surface area contributed by atoms with E-state index in [1.807, 2.05) is 0 Å². The molecule has 3 heteroatoms. The van der Waals surface area contributed by atoms with Crippen molar-refractivity contribution >= 4 is 0 Å². The van der Waals surface area contributed by atoms with Gasteiger partial charge in [-0.25, -0.2) is 0 Å². The highest BCUT2D eigenvalue weighted by molar-refractivity contribution is 5.39. The van der Waals surface area contributed by atoms with Crippen LogP contribution in [0.25, 0.3) is 0 Å². The number of hydrogen-bond donors (Lipinski definition) is 1. The van der Waals surface area contributed by atoms with Crippen molar-refractivity contribution in [3.8, 4) is 5.75 Å². The SMILES string of the molecule is NCCN(CCc1ccc2c(c1)CCO2)Cc1ccccc1.